The van der Waals surface area contributed by atoms with Crippen molar-refractivity contribution in [2.24, 2.45) is 5.92 Å². The summed E-state index contributed by atoms with van der Waals surface area (Å²) >= 11 is 0. The zero-order chi connectivity index (χ0) is 14.2. The lowest BCUT2D eigenvalue weighted by atomic mass is 9.97. The van der Waals surface area contributed by atoms with Crippen LogP contribution in [0.15, 0.2) is 30.3 Å². The molecule has 0 aromatic heterocycles. The van der Waals surface area contributed by atoms with Gasteiger partial charge >= 0.3 is 0 Å². The van der Waals surface area contributed by atoms with Gasteiger partial charge in [-0.15, -0.1) is 0 Å². The zero-order valence-electron chi connectivity index (χ0n) is 12.9. The van der Waals surface area contributed by atoms with E-state index in [-0.39, 0.29) is 0 Å². The van der Waals surface area contributed by atoms with E-state index in [9.17, 15) is 0 Å². The molecule has 1 heterocycles. The van der Waals surface area contributed by atoms with Gasteiger partial charge in [0.2, 0.25) is 0 Å². The second-order valence-corrected chi connectivity index (χ2v) is 6.01. The molecule has 1 aromatic rings. The summed E-state index contributed by atoms with van der Waals surface area (Å²) in [5, 5.41) is 0. The summed E-state index contributed by atoms with van der Waals surface area (Å²) < 4.78 is 11.9. The van der Waals surface area contributed by atoms with Crippen LogP contribution in [0.25, 0.3) is 0 Å². The Morgan fingerprint density at radius 1 is 1.20 bits per heavy atom. The summed E-state index contributed by atoms with van der Waals surface area (Å²) in [5.74, 6) is 0.678. The summed E-state index contributed by atoms with van der Waals surface area (Å²) in [6.07, 6.45) is 7.00. The number of hydrogen-bond acceptors (Lipinski definition) is 2. The molecule has 2 heteroatoms. The minimum Gasteiger partial charge on any atom is -0.374 e. The molecule has 2 rings (SSSR count). The van der Waals surface area contributed by atoms with E-state index in [4.69, 9.17) is 9.47 Å². The predicted molar refractivity (Wildman–Crippen MR) is 82.7 cm³/mol. The van der Waals surface area contributed by atoms with E-state index in [0.717, 1.165) is 13.0 Å². The Morgan fingerprint density at radius 3 is 2.75 bits per heavy atom. The summed E-state index contributed by atoms with van der Waals surface area (Å²) in [4.78, 5) is 0. The van der Waals surface area contributed by atoms with Crippen molar-refractivity contribution in [2.75, 3.05) is 6.61 Å². The monoisotopic (exact) mass is 276 g/mol. The third-order valence-corrected chi connectivity index (χ3v) is 4.14. The quantitative estimate of drug-likeness (QED) is 0.647. The maximum Gasteiger partial charge on any atom is 0.0816 e. The fourth-order valence-corrected chi connectivity index (χ4v) is 2.94. The predicted octanol–water partition coefficient (Wildman–Crippen LogP) is 4.58. The van der Waals surface area contributed by atoms with E-state index in [1.807, 2.05) is 6.07 Å². The number of rotatable bonds is 8. The van der Waals surface area contributed by atoms with Gasteiger partial charge in [0.05, 0.1) is 25.4 Å². The molecule has 112 valence electrons. The van der Waals surface area contributed by atoms with E-state index >= 15 is 0 Å². The van der Waals surface area contributed by atoms with Crippen molar-refractivity contribution in [3.63, 3.8) is 0 Å². The molecule has 0 aliphatic carbocycles. The van der Waals surface area contributed by atoms with Crippen LogP contribution in [-0.4, -0.2) is 18.8 Å². The first-order valence-electron chi connectivity index (χ1n) is 8.06. The van der Waals surface area contributed by atoms with Gasteiger partial charge in [0, 0.05) is 0 Å². The van der Waals surface area contributed by atoms with Crippen molar-refractivity contribution in [2.45, 2.75) is 64.8 Å². The molecule has 1 saturated heterocycles. The Balaban J connectivity index is 1.65. The molecular weight excluding hydrogens is 248 g/mol. The Labute approximate surface area is 123 Å². The van der Waals surface area contributed by atoms with Gasteiger partial charge in [0.1, 0.15) is 0 Å². The number of hydrogen-bond donors (Lipinski definition) is 0. The molecule has 0 radical (unpaired) electrons. The molecule has 0 amide bonds. The molecule has 2 unspecified atom stereocenters. The minimum absolute atomic E-state index is 0.292. The van der Waals surface area contributed by atoms with Crippen LogP contribution in [0, 0.1) is 5.92 Å². The van der Waals surface area contributed by atoms with Crippen LogP contribution in [0.5, 0.6) is 0 Å². The van der Waals surface area contributed by atoms with Crippen molar-refractivity contribution in [3.05, 3.63) is 35.9 Å². The average molecular weight is 276 g/mol. The minimum atomic E-state index is 0.292. The molecule has 3 atom stereocenters. The fraction of sp³-hybridized carbons (Fsp3) is 0.667. The lowest BCUT2D eigenvalue weighted by molar-refractivity contribution is -0.0257. The number of unbranched alkanes of at least 4 members (excludes halogenated alkanes) is 2. The maximum atomic E-state index is 6.13. The third kappa shape index (κ3) is 4.92. The largest absolute Gasteiger partial charge is 0.374 e. The highest BCUT2D eigenvalue weighted by molar-refractivity contribution is 5.13. The first kappa shape index (κ1) is 15.5. The highest BCUT2D eigenvalue weighted by Crippen LogP contribution is 2.29. The number of ether oxygens (including phenoxy) is 2. The van der Waals surface area contributed by atoms with Gasteiger partial charge in [-0.3, -0.25) is 0 Å². The van der Waals surface area contributed by atoms with Gasteiger partial charge in [-0.2, -0.15) is 0 Å². The van der Waals surface area contributed by atoms with E-state index in [1.54, 1.807) is 0 Å². The summed E-state index contributed by atoms with van der Waals surface area (Å²) in [7, 11) is 0. The molecule has 0 saturated carbocycles. The van der Waals surface area contributed by atoms with Crippen molar-refractivity contribution in [3.8, 4) is 0 Å². The van der Waals surface area contributed by atoms with Gasteiger partial charge in [0.25, 0.3) is 0 Å². The lowest BCUT2D eigenvalue weighted by Gasteiger charge is -2.15. The zero-order valence-corrected chi connectivity index (χ0v) is 12.9. The highest BCUT2D eigenvalue weighted by Gasteiger charge is 2.31. The van der Waals surface area contributed by atoms with Gasteiger partial charge < -0.3 is 9.47 Å². The van der Waals surface area contributed by atoms with Crippen LogP contribution in [-0.2, 0) is 16.1 Å². The van der Waals surface area contributed by atoms with E-state index in [1.165, 1.54) is 31.2 Å². The van der Waals surface area contributed by atoms with Crippen molar-refractivity contribution < 1.29 is 9.47 Å². The van der Waals surface area contributed by atoms with Crippen molar-refractivity contribution in [1.29, 1.82) is 0 Å². The van der Waals surface area contributed by atoms with Crippen LogP contribution in [0.2, 0.25) is 0 Å². The lowest BCUT2D eigenvalue weighted by Crippen LogP contribution is -2.17. The topological polar surface area (TPSA) is 18.5 Å². The van der Waals surface area contributed by atoms with Gasteiger partial charge in [-0.1, -0.05) is 63.4 Å². The molecule has 1 aromatic carbocycles. The molecule has 1 aliphatic rings. The Kier molecular flexibility index (Phi) is 6.55. The molecule has 20 heavy (non-hydrogen) atoms. The van der Waals surface area contributed by atoms with Crippen LogP contribution in [0.3, 0.4) is 0 Å². The SMILES string of the molecule is CCCCCC1OC(COCc2ccccc2)C[C@H]1C. The Bertz CT molecular complexity index is 363. The molecule has 1 fully saturated rings. The summed E-state index contributed by atoms with van der Waals surface area (Å²) in [5.41, 5.74) is 1.23. The normalized spacial score (nSPS) is 26.0. The van der Waals surface area contributed by atoms with Crippen LogP contribution in [0.4, 0.5) is 0 Å². The van der Waals surface area contributed by atoms with E-state index in [2.05, 4.69) is 38.1 Å². The molecule has 0 spiro atoms. The Morgan fingerprint density at radius 2 is 2.00 bits per heavy atom. The van der Waals surface area contributed by atoms with Gasteiger partial charge in [-0.05, 0) is 24.3 Å². The van der Waals surface area contributed by atoms with Crippen LogP contribution in [0.1, 0.15) is 51.5 Å². The average Bonchev–Trinajstić information content (AvgIpc) is 2.81. The second kappa shape index (κ2) is 8.43. The smallest absolute Gasteiger partial charge is 0.0816 e. The standard InChI is InChI=1S/C18H28O2/c1-3-4-6-11-18-15(2)12-17(20-18)14-19-13-16-9-7-5-8-10-16/h5,7-10,15,17-18H,3-4,6,11-14H2,1-2H3/t15-,17?,18?/m1/s1. The van der Waals surface area contributed by atoms with Crippen LogP contribution < -0.4 is 0 Å². The molecular formula is C18H28O2. The van der Waals surface area contributed by atoms with Crippen molar-refractivity contribution >= 4 is 0 Å². The first-order valence-corrected chi connectivity index (χ1v) is 8.06. The van der Waals surface area contributed by atoms with Gasteiger partial charge in [-0.25, -0.2) is 0 Å². The summed E-state index contributed by atoms with van der Waals surface area (Å²) in [6, 6.07) is 10.3. The molecule has 0 bridgehead atoms. The third-order valence-electron chi connectivity index (χ3n) is 4.14. The summed E-state index contributed by atoms with van der Waals surface area (Å²) in [6.45, 7) is 5.98. The molecule has 0 N–H and O–H groups in total. The molecule has 2 nitrogen and oxygen atoms in total. The van der Waals surface area contributed by atoms with E-state index in [0.29, 0.717) is 24.7 Å². The Hall–Kier alpha value is -0.860. The maximum absolute atomic E-state index is 6.13. The highest BCUT2D eigenvalue weighted by atomic mass is 16.5. The first-order chi connectivity index (χ1) is 9.79. The van der Waals surface area contributed by atoms with Gasteiger partial charge in [0.15, 0.2) is 0 Å². The van der Waals surface area contributed by atoms with Crippen molar-refractivity contribution in [1.82, 2.24) is 0 Å². The number of benzene rings is 1. The molecule has 1 aliphatic heterocycles. The van der Waals surface area contributed by atoms with E-state index < -0.39 is 0 Å². The van der Waals surface area contributed by atoms with Crippen LogP contribution >= 0.6 is 0 Å². The second-order valence-electron chi connectivity index (χ2n) is 6.01. The fourth-order valence-electron chi connectivity index (χ4n) is 2.94.